The lowest BCUT2D eigenvalue weighted by Gasteiger charge is -2.34. The largest absolute Gasteiger partial charge is 0.444 e. The molecule has 1 amide bonds. The second-order valence-electron chi connectivity index (χ2n) is 7.62. The summed E-state index contributed by atoms with van der Waals surface area (Å²) < 4.78 is 17.0. The third kappa shape index (κ3) is 4.62. The van der Waals surface area contributed by atoms with Gasteiger partial charge in [-0.2, -0.15) is 0 Å². The first-order chi connectivity index (χ1) is 10.7. The van der Waals surface area contributed by atoms with E-state index in [0.717, 1.165) is 19.3 Å². The van der Waals surface area contributed by atoms with Gasteiger partial charge in [0.1, 0.15) is 23.5 Å². The van der Waals surface area contributed by atoms with Crippen molar-refractivity contribution in [2.24, 2.45) is 0 Å². The standard InChI is InChI=1S/C18H29NO4/c1-7-8-9-10-11-14-15(22-14)13-12-21-18(5,6)19(13)16(20)23-17(2,3)4/h13-15H,7-9,12H2,1-6H3/t13-,14?,15?/m0/s1. The second-order valence-corrected chi connectivity index (χ2v) is 7.62. The van der Waals surface area contributed by atoms with Crippen molar-refractivity contribution in [3.8, 4) is 11.8 Å². The monoisotopic (exact) mass is 323 g/mol. The SMILES string of the molecule is CCCCC#CC1OC1[C@@H]1COC(C)(C)N1C(=O)OC(C)(C)C. The fourth-order valence-electron chi connectivity index (χ4n) is 2.71. The van der Waals surface area contributed by atoms with Gasteiger partial charge in [-0.15, -0.1) is 5.92 Å². The summed E-state index contributed by atoms with van der Waals surface area (Å²) in [5.41, 5.74) is -1.23. The number of hydrogen-bond donors (Lipinski definition) is 0. The summed E-state index contributed by atoms with van der Waals surface area (Å²) in [6, 6.07) is -0.148. The zero-order chi connectivity index (χ0) is 17.3. The molecule has 2 aliphatic rings. The van der Waals surface area contributed by atoms with Crippen LogP contribution in [-0.2, 0) is 14.2 Å². The average molecular weight is 323 g/mol. The van der Waals surface area contributed by atoms with Crippen LogP contribution in [0.15, 0.2) is 0 Å². The highest BCUT2D eigenvalue weighted by Crippen LogP contribution is 2.38. The zero-order valence-corrected chi connectivity index (χ0v) is 15.1. The van der Waals surface area contributed by atoms with E-state index in [-0.39, 0.29) is 24.3 Å². The molecule has 0 N–H and O–H groups in total. The van der Waals surface area contributed by atoms with E-state index >= 15 is 0 Å². The Hall–Kier alpha value is -1.25. The number of rotatable bonds is 3. The van der Waals surface area contributed by atoms with Crippen molar-refractivity contribution in [3.63, 3.8) is 0 Å². The van der Waals surface area contributed by atoms with Crippen LogP contribution in [-0.4, -0.2) is 47.2 Å². The van der Waals surface area contributed by atoms with Crippen LogP contribution >= 0.6 is 0 Å². The van der Waals surface area contributed by atoms with Crippen LogP contribution in [0, 0.1) is 11.8 Å². The molecular weight excluding hydrogens is 294 g/mol. The minimum absolute atomic E-state index is 0.0848. The Morgan fingerprint density at radius 1 is 1.39 bits per heavy atom. The van der Waals surface area contributed by atoms with Crippen LogP contribution in [0.1, 0.15) is 60.8 Å². The number of ether oxygens (including phenoxy) is 3. The summed E-state index contributed by atoms with van der Waals surface area (Å²) >= 11 is 0. The van der Waals surface area contributed by atoms with Gasteiger partial charge in [-0.25, -0.2) is 4.79 Å². The lowest BCUT2D eigenvalue weighted by Crippen LogP contribution is -2.51. The molecule has 2 unspecified atom stereocenters. The van der Waals surface area contributed by atoms with E-state index in [4.69, 9.17) is 14.2 Å². The summed E-state index contributed by atoms with van der Waals surface area (Å²) in [6.45, 7) is 11.9. The van der Waals surface area contributed by atoms with Crippen LogP contribution in [0.5, 0.6) is 0 Å². The Morgan fingerprint density at radius 2 is 2.09 bits per heavy atom. The number of carbonyl (C=O) groups excluding carboxylic acids is 1. The van der Waals surface area contributed by atoms with Gasteiger partial charge < -0.3 is 14.2 Å². The van der Waals surface area contributed by atoms with Crippen LogP contribution in [0.4, 0.5) is 4.79 Å². The van der Waals surface area contributed by atoms with Gasteiger partial charge in [0.2, 0.25) is 0 Å². The molecule has 0 aliphatic carbocycles. The van der Waals surface area contributed by atoms with Gasteiger partial charge in [-0.05, 0) is 41.0 Å². The van der Waals surface area contributed by atoms with Gasteiger partial charge in [0.25, 0.3) is 0 Å². The summed E-state index contributed by atoms with van der Waals surface area (Å²) in [6.07, 6.45) is 2.59. The van der Waals surface area contributed by atoms with Gasteiger partial charge >= 0.3 is 6.09 Å². The molecule has 23 heavy (non-hydrogen) atoms. The van der Waals surface area contributed by atoms with Gasteiger partial charge in [0, 0.05) is 6.42 Å². The third-order valence-corrected chi connectivity index (χ3v) is 3.91. The highest BCUT2D eigenvalue weighted by molar-refractivity contribution is 5.70. The number of nitrogens with zero attached hydrogens (tertiary/aromatic N) is 1. The summed E-state index contributed by atoms with van der Waals surface area (Å²) in [5, 5.41) is 0. The van der Waals surface area contributed by atoms with E-state index in [0.29, 0.717) is 6.61 Å². The molecule has 3 atom stereocenters. The summed E-state index contributed by atoms with van der Waals surface area (Å²) in [5.74, 6) is 6.30. The topological polar surface area (TPSA) is 51.3 Å². The lowest BCUT2D eigenvalue weighted by molar-refractivity contribution is -0.0632. The van der Waals surface area contributed by atoms with Crippen LogP contribution in [0.2, 0.25) is 0 Å². The highest BCUT2D eigenvalue weighted by atomic mass is 16.6. The predicted octanol–water partition coefficient (Wildman–Crippen LogP) is 3.32. The Balaban J connectivity index is 2.01. The maximum Gasteiger partial charge on any atom is 0.412 e. The molecule has 5 heteroatoms. The zero-order valence-electron chi connectivity index (χ0n) is 15.1. The summed E-state index contributed by atoms with van der Waals surface area (Å²) in [4.78, 5) is 14.2. The van der Waals surface area contributed by atoms with Crippen molar-refractivity contribution in [2.45, 2.75) is 90.4 Å². The minimum atomic E-state index is -0.695. The predicted molar refractivity (Wildman–Crippen MR) is 87.9 cm³/mol. The molecule has 130 valence electrons. The van der Waals surface area contributed by atoms with E-state index in [9.17, 15) is 4.79 Å². The van der Waals surface area contributed by atoms with Crippen molar-refractivity contribution in [3.05, 3.63) is 0 Å². The Kier molecular flexibility index (Phi) is 5.27. The Bertz CT molecular complexity index is 497. The quantitative estimate of drug-likeness (QED) is 0.454. The molecule has 0 spiro atoms. The van der Waals surface area contributed by atoms with Crippen LogP contribution < -0.4 is 0 Å². The van der Waals surface area contributed by atoms with Crippen LogP contribution in [0.25, 0.3) is 0 Å². The maximum absolute atomic E-state index is 12.6. The first kappa shape index (κ1) is 18.1. The first-order valence-electron chi connectivity index (χ1n) is 8.46. The smallest absolute Gasteiger partial charge is 0.412 e. The molecule has 2 saturated heterocycles. The lowest BCUT2D eigenvalue weighted by atomic mass is 10.1. The number of unbranched alkanes of at least 4 members (excludes halogenated alkanes) is 2. The molecule has 0 saturated carbocycles. The Labute approximate surface area is 139 Å². The molecule has 2 heterocycles. The van der Waals surface area contributed by atoms with Gasteiger partial charge in [-0.1, -0.05) is 19.3 Å². The third-order valence-electron chi connectivity index (χ3n) is 3.91. The van der Waals surface area contributed by atoms with E-state index in [1.165, 1.54) is 0 Å². The van der Waals surface area contributed by atoms with Crippen LogP contribution in [0.3, 0.4) is 0 Å². The van der Waals surface area contributed by atoms with Gasteiger partial charge in [-0.3, -0.25) is 4.90 Å². The number of hydrogen-bond acceptors (Lipinski definition) is 4. The van der Waals surface area contributed by atoms with E-state index in [1.54, 1.807) is 4.90 Å². The molecule has 2 rings (SSSR count). The normalized spacial score (nSPS) is 29.0. The first-order valence-corrected chi connectivity index (χ1v) is 8.46. The highest BCUT2D eigenvalue weighted by Gasteiger charge is 2.56. The van der Waals surface area contributed by atoms with E-state index in [2.05, 4.69) is 18.8 Å². The molecule has 2 fully saturated rings. The molecule has 0 aromatic carbocycles. The number of epoxide rings is 1. The van der Waals surface area contributed by atoms with Crippen molar-refractivity contribution in [2.75, 3.05) is 6.61 Å². The molecule has 5 nitrogen and oxygen atoms in total. The molecular formula is C18H29NO4. The van der Waals surface area contributed by atoms with Crippen molar-refractivity contribution >= 4 is 6.09 Å². The van der Waals surface area contributed by atoms with Crippen molar-refractivity contribution < 1.29 is 19.0 Å². The number of amides is 1. The fraction of sp³-hybridized carbons (Fsp3) is 0.833. The molecule has 2 aliphatic heterocycles. The van der Waals surface area contributed by atoms with Crippen molar-refractivity contribution in [1.29, 1.82) is 0 Å². The minimum Gasteiger partial charge on any atom is -0.444 e. The Morgan fingerprint density at radius 3 is 2.70 bits per heavy atom. The maximum atomic E-state index is 12.6. The van der Waals surface area contributed by atoms with Crippen molar-refractivity contribution in [1.82, 2.24) is 4.90 Å². The van der Waals surface area contributed by atoms with E-state index < -0.39 is 11.3 Å². The molecule has 0 bridgehead atoms. The molecule has 0 aromatic rings. The average Bonchev–Trinajstić information content (AvgIpc) is 3.09. The molecule has 0 aromatic heterocycles. The fourth-order valence-corrected chi connectivity index (χ4v) is 2.71. The van der Waals surface area contributed by atoms with Gasteiger partial charge in [0.15, 0.2) is 0 Å². The van der Waals surface area contributed by atoms with E-state index in [1.807, 2.05) is 34.6 Å². The molecule has 0 radical (unpaired) electrons. The number of carbonyl (C=O) groups is 1. The second kappa shape index (κ2) is 6.70. The van der Waals surface area contributed by atoms with Gasteiger partial charge in [0.05, 0.1) is 12.6 Å². The summed E-state index contributed by atoms with van der Waals surface area (Å²) in [7, 11) is 0.